The van der Waals surface area contributed by atoms with Crippen LogP contribution in [0.5, 0.6) is 0 Å². The monoisotopic (exact) mass is 343 g/mol. The van der Waals surface area contributed by atoms with Crippen LogP contribution in [0, 0.1) is 0 Å². The third-order valence-electron chi connectivity index (χ3n) is 2.19. The van der Waals surface area contributed by atoms with Crippen molar-refractivity contribution in [2.24, 2.45) is 0 Å². The summed E-state index contributed by atoms with van der Waals surface area (Å²) in [4.78, 5) is 2.27. The lowest BCUT2D eigenvalue weighted by atomic mass is 10.5. The van der Waals surface area contributed by atoms with E-state index in [9.17, 15) is 26.0 Å². The smallest absolute Gasteiger partial charge is 0.379 e. The molecule has 2 unspecified atom stereocenters. The summed E-state index contributed by atoms with van der Waals surface area (Å²) in [6.07, 6.45) is 0. The highest BCUT2D eigenvalue weighted by molar-refractivity contribution is 7.86. The summed E-state index contributed by atoms with van der Waals surface area (Å²) >= 11 is -7.45. The van der Waals surface area contributed by atoms with Crippen molar-refractivity contribution in [3.05, 3.63) is 5.64 Å². The van der Waals surface area contributed by atoms with Gasteiger partial charge in [-0.15, -0.1) is 0 Å². The van der Waals surface area contributed by atoms with Crippen LogP contribution in [-0.4, -0.2) is 57.2 Å². The Morgan fingerprint density at radius 2 is 1.40 bits per heavy atom. The van der Waals surface area contributed by atoms with Gasteiger partial charge in [0.2, 0.25) is 22.2 Å². The number of morpholine rings is 1. The quantitative estimate of drug-likeness (QED) is 0.603. The molecule has 0 aromatic rings. The summed E-state index contributed by atoms with van der Waals surface area (Å²) in [5.41, 5.74) is 2.06. The van der Waals surface area contributed by atoms with Gasteiger partial charge in [0.1, 0.15) is 0 Å². The first kappa shape index (κ1) is 17.9. The van der Waals surface area contributed by atoms with Gasteiger partial charge in [-0.25, -0.2) is 8.42 Å². The number of nitrogens with zero attached hydrogens (tertiary/aromatic N) is 2. The standard InChI is InChI=1S/C5H11NO.C2F4NO4S2/c1-6-2-4-7-5-3-6;3-1(4)2(5,6)13(9)11-7-10-12(1)8/h2-5H2,1H3;/q;-1. The van der Waals surface area contributed by atoms with Gasteiger partial charge >= 0.3 is 10.5 Å². The van der Waals surface area contributed by atoms with E-state index < -0.39 is 32.7 Å². The van der Waals surface area contributed by atoms with Crippen molar-refractivity contribution in [1.82, 2.24) is 4.90 Å². The van der Waals surface area contributed by atoms with Crippen LogP contribution in [0.1, 0.15) is 0 Å². The Bertz CT molecular complexity index is 354. The van der Waals surface area contributed by atoms with Crippen LogP contribution in [0.3, 0.4) is 0 Å². The number of hydrogen-bond donors (Lipinski definition) is 0. The van der Waals surface area contributed by atoms with Gasteiger partial charge in [0.15, 0.2) is 0 Å². The second kappa shape index (κ2) is 7.20. The lowest BCUT2D eigenvalue weighted by Crippen LogP contribution is -2.45. The van der Waals surface area contributed by atoms with Crippen LogP contribution < -0.4 is 0 Å². The minimum absolute atomic E-state index is 0.913. The van der Waals surface area contributed by atoms with E-state index in [1.165, 1.54) is 0 Å². The molecule has 2 atom stereocenters. The van der Waals surface area contributed by atoms with Crippen molar-refractivity contribution >= 4 is 22.2 Å². The lowest BCUT2D eigenvalue weighted by Gasteiger charge is -2.21. The van der Waals surface area contributed by atoms with Crippen LogP contribution in [0.15, 0.2) is 0 Å². The minimum Gasteiger partial charge on any atom is -0.379 e. The van der Waals surface area contributed by atoms with Crippen LogP contribution in [-0.2, 0) is 35.5 Å². The van der Waals surface area contributed by atoms with E-state index in [1.54, 1.807) is 0 Å². The zero-order chi connectivity index (χ0) is 15.4. The summed E-state index contributed by atoms with van der Waals surface area (Å²) in [5, 5.41) is -10.2. The molecule has 0 bridgehead atoms. The van der Waals surface area contributed by atoms with E-state index in [0.717, 1.165) is 26.3 Å². The number of halogens is 4. The topological polar surface area (TPSA) is 79.2 Å². The molecule has 0 saturated carbocycles. The van der Waals surface area contributed by atoms with E-state index >= 15 is 0 Å². The number of alkyl halides is 4. The van der Waals surface area contributed by atoms with Crippen LogP contribution in [0.2, 0.25) is 0 Å². The number of hydrogen-bond acceptors (Lipinski definition) is 6. The van der Waals surface area contributed by atoms with Crippen LogP contribution in [0.25, 0.3) is 5.64 Å². The summed E-state index contributed by atoms with van der Waals surface area (Å²) in [6, 6.07) is 0. The second-order valence-corrected chi connectivity index (χ2v) is 5.90. The zero-order valence-corrected chi connectivity index (χ0v) is 11.7. The molecular weight excluding hydrogens is 332 g/mol. The highest BCUT2D eigenvalue weighted by Gasteiger charge is 2.67. The molecule has 2 fully saturated rings. The predicted molar refractivity (Wildman–Crippen MR) is 60.0 cm³/mol. The molecule has 0 N–H and O–H groups in total. The van der Waals surface area contributed by atoms with Gasteiger partial charge in [-0.2, -0.15) is 17.6 Å². The van der Waals surface area contributed by atoms with Gasteiger partial charge in [-0.3, -0.25) is 0 Å². The Hall–Kier alpha value is -0.180. The third-order valence-corrected chi connectivity index (χ3v) is 4.06. The van der Waals surface area contributed by atoms with E-state index in [1.807, 2.05) is 0 Å². The average molecular weight is 343 g/mol. The summed E-state index contributed by atoms with van der Waals surface area (Å²) in [5.74, 6) is 0. The Morgan fingerprint density at radius 1 is 1.00 bits per heavy atom. The number of ether oxygens (including phenoxy) is 1. The maximum absolute atomic E-state index is 12.4. The largest absolute Gasteiger partial charge is 0.420 e. The first-order chi connectivity index (χ1) is 9.19. The fourth-order valence-corrected chi connectivity index (χ4v) is 2.20. The molecule has 0 aromatic heterocycles. The van der Waals surface area contributed by atoms with Gasteiger partial charge in [-0.05, 0) is 7.05 Å². The molecule has 0 spiro atoms. The van der Waals surface area contributed by atoms with Gasteiger partial charge in [0.25, 0.3) is 0 Å². The molecule has 7 nitrogen and oxygen atoms in total. The van der Waals surface area contributed by atoms with Crippen molar-refractivity contribution in [2.75, 3.05) is 33.4 Å². The number of rotatable bonds is 0. The van der Waals surface area contributed by atoms with Gasteiger partial charge in [-0.1, -0.05) is 0 Å². The molecule has 2 rings (SSSR count). The molecule has 2 saturated heterocycles. The van der Waals surface area contributed by atoms with Gasteiger partial charge in [0.05, 0.1) is 13.2 Å². The Labute approximate surface area is 116 Å². The molecule has 20 heavy (non-hydrogen) atoms. The first-order valence-electron chi connectivity index (χ1n) is 5.10. The summed E-state index contributed by atoms with van der Waals surface area (Å²) < 4.78 is 81.7. The highest BCUT2D eigenvalue weighted by Crippen LogP contribution is 2.43. The SMILES string of the molecule is CN1CCOCC1.O=S1O[N-]OS(=O)C(F)(F)C1(F)F. The Morgan fingerprint density at radius 3 is 1.70 bits per heavy atom. The summed E-state index contributed by atoms with van der Waals surface area (Å²) in [6.45, 7) is 4.02. The van der Waals surface area contributed by atoms with Gasteiger partial charge < -0.3 is 23.8 Å². The molecule has 2 aliphatic heterocycles. The van der Waals surface area contributed by atoms with Crippen LogP contribution >= 0.6 is 0 Å². The third kappa shape index (κ3) is 4.16. The second-order valence-electron chi connectivity index (χ2n) is 3.64. The van der Waals surface area contributed by atoms with Crippen molar-refractivity contribution in [1.29, 1.82) is 0 Å². The predicted octanol–water partition coefficient (Wildman–Crippen LogP) is 0.698. The average Bonchev–Trinajstić information content (AvgIpc) is 2.44. The molecule has 0 aliphatic carbocycles. The van der Waals surface area contributed by atoms with Crippen molar-refractivity contribution in [2.45, 2.75) is 10.5 Å². The maximum Gasteiger partial charge on any atom is 0.420 e. The van der Waals surface area contributed by atoms with E-state index in [-0.39, 0.29) is 0 Å². The number of likely N-dealkylation sites (N-methyl/N-ethyl adjacent to an activating group) is 1. The molecular formula is C7H11F4N2O5S2-. The normalized spacial score (nSPS) is 33.6. The lowest BCUT2D eigenvalue weighted by molar-refractivity contribution is -0.0949. The van der Waals surface area contributed by atoms with E-state index in [4.69, 9.17) is 4.74 Å². The highest BCUT2D eigenvalue weighted by atomic mass is 32.2. The van der Waals surface area contributed by atoms with Crippen LogP contribution in [0.4, 0.5) is 17.6 Å². The summed E-state index contributed by atoms with van der Waals surface area (Å²) in [7, 11) is 2.11. The molecule has 0 radical (unpaired) electrons. The van der Waals surface area contributed by atoms with E-state index in [0.29, 0.717) is 0 Å². The van der Waals surface area contributed by atoms with E-state index in [2.05, 4.69) is 26.2 Å². The Kier molecular flexibility index (Phi) is 6.43. The fourth-order valence-electron chi connectivity index (χ4n) is 1.01. The zero-order valence-electron chi connectivity index (χ0n) is 10.1. The molecule has 0 amide bonds. The fraction of sp³-hybridized carbons (Fsp3) is 1.00. The first-order valence-corrected chi connectivity index (χ1v) is 7.25. The van der Waals surface area contributed by atoms with Crippen molar-refractivity contribution < 1.29 is 39.3 Å². The Balaban J connectivity index is 0.000000240. The molecule has 2 heterocycles. The molecule has 120 valence electrons. The van der Waals surface area contributed by atoms with Crippen molar-refractivity contribution in [3.63, 3.8) is 0 Å². The molecule has 0 aromatic carbocycles. The van der Waals surface area contributed by atoms with Gasteiger partial charge in [0, 0.05) is 13.1 Å². The maximum atomic E-state index is 12.4. The minimum atomic E-state index is -5.11. The molecule has 2 aliphatic rings. The molecule has 13 heteroatoms. The van der Waals surface area contributed by atoms with Crippen molar-refractivity contribution in [3.8, 4) is 0 Å².